The van der Waals surface area contributed by atoms with Gasteiger partial charge in [-0.2, -0.15) is 0 Å². The number of nitrogens with zero attached hydrogens (tertiary/aromatic N) is 1. The number of nitrogens with two attached hydrogens (primary N) is 1. The molecule has 146 valence electrons. The van der Waals surface area contributed by atoms with Gasteiger partial charge in [0.25, 0.3) is 0 Å². The van der Waals surface area contributed by atoms with E-state index in [0.29, 0.717) is 28.6 Å². The van der Waals surface area contributed by atoms with Gasteiger partial charge < -0.3 is 10.8 Å². The van der Waals surface area contributed by atoms with Crippen LogP contribution in [0.15, 0.2) is 24.3 Å². The second kappa shape index (κ2) is 8.41. The Hall–Kier alpha value is -1.91. The molecule has 0 amide bonds. The summed E-state index contributed by atoms with van der Waals surface area (Å²) in [5.74, 6) is -0.681. The Bertz CT molecular complexity index is 822. The molecule has 3 N–H and O–H groups in total. The van der Waals surface area contributed by atoms with Crippen LogP contribution < -0.4 is 5.73 Å². The van der Waals surface area contributed by atoms with Gasteiger partial charge in [0.15, 0.2) is 0 Å². The highest BCUT2D eigenvalue weighted by molar-refractivity contribution is 6.30. The van der Waals surface area contributed by atoms with Crippen molar-refractivity contribution < 1.29 is 9.90 Å². The highest BCUT2D eigenvalue weighted by atomic mass is 35.5. The highest BCUT2D eigenvalue weighted by Crippen LogP contribution is 2.35. The number of benzene rings is 1. The summed E-state index contributed by atoms with van der Waals surface area (Å²) in [6.45, 7) is 10.8. The Balaban J connectivity index is 2.87. The van der Waals surface area contributed by atoms with Crippen LogP contribution in [0.4, 0.5) is 0 Å². The molecule has 0 radical (unpaired) electrons. The van der Waals surface area contributed by atoms with Crippen molar-refractivity contribution in [3.05, 3.63) is 51.8 Å². The van der Waals surface area contributed by atoms with E-state index < -0.39 is 5.97 Å². The molecule has 0 spiro atoms. The largest absolute Gasteiger partial charge is 0.478 e. The van der Waals surface area contributed by atoms with Gasteiger partial charge in [-0.15, -0.1) is 0 Å². The number of rotatable bonds is 6. The van der Waals surface area contributed by atoms with Crippen LogP contribution in [0.1, 0.15) is 61.9 Å². The lowest BCUT2D eigenvalue weighted by atomic mass is 9.84. The molecule has 2 aromatic rings. The van der Waals surface area contributed by atoms with E-state index >= 15 is 0 Å². The average Bonchev–Trinajstić information content (AvgIpc) is 2.52. The molecular formula is C22H29ClN2O2. The van der Waals surface area contributed by atoms with Crippen LogP contribution in [-0.2, 0) is 19.4 Å². The smallest absolute Gasteiger partial charge is 0.338 e. The predicted octanol–water partition coefficient (Wildman–Crippen LogP) is 5.35. The molecule has 2 rings (SSSR count). The third kappa shape index (κ3) is 5.30. The number of aromatic nitrogens is 1. The van der Waals surface area contributed by atoms with E-state index in [1.165, 1.54) is 0 Å². The third-order valence-electron chi connectivity index (χ3n) is 4.31. The van der Waals surface area contributed by atoms with E-state index in [-0.39, 0.29) is 17.5 Å². The van der Waals surface area contributed by atoms with Crippen molar-refractivity contribution in [1.82, 2.24) is 4.98 Å². The standard InChI is InChI=1S/C22H29ClN2O2/c1-13(2)10-17-20(21(26)27)19(14-6-8-15(23)9-7-14)16(12-24)18(25-17)11-22(3,4)5/h6-9,13H,10-12,24H2,1-5H3,(H,26,27). The van der Waals surface area contributed by atoms with Gasteiger partial charge in [-0.05, 0) is 47.4 Å². The Morgan fingerprint density at radius 3 is 2.22 bits per heavy atom. The van der Waals surface area contributed by atoms with Gasteiger partial charge in [0.1, 0.15) is 0 Å². The minimum atomic E-state index is -0.972. The fourth-order valence-corrected chi connectivity index (χ4v) is 3.42. The molecular weight excluding hydrogens is 360 g/mol. The number of hydrogen-bond acceptors (Lipinski definition) is 3. The van der Waals surface area contributed by atoms with E-state index in [1.807, 2.05) is 12.1 Å². The van der Waals surface area contributed by atoms with Crippen molar-refractivity contribution in [3.8, 4) is 11.1 Å². The van der Waals surface area contributed by atoms with Crippen LogP contribution in [0, 0.1) is 11.3 Å². The molecule has 5 heteroatoms. The van der Waals surface area contributed by atoms with Gasteiger partial charge in [-0.3, -0.25) is 4.98 Å². The highest BCUT2D eigenvalue weighted by Gasteiger charge is 2.26. The summed E-state index contributed by atoms with van der Waals surface area (Å²) in [6, 6.07) is 7.25. The van der Waals surface area contributed by atoms with E-state index in [1.54, 1.807) is 12.1 Å². The Morgan fingerprint density at radius 2 is 1.78 bits per heavy atom. The van der Waals surface area contributed by atoms with Gasteiger partial charge in [-0.1, -0.05) is 58.4 Å². The van der Waals surface area contributed by atoms with Gasteiger partial charge in [-0.25, -0.2) is 4.79 Å². The van der Waals surface area contributed by atoms with Crippen molar-refractivity contribution in [1.29, 1.82) is 0 Å². The average molecular weight is 389 g/mol. The zero-order valence-corrected chi connectivity index (χ0v) is 17.5. The number of pyridine rings is 1. The first kappa shape index (κ1) is 21.4. The number of hydrogen-bond donors (Lipinski definition) is 2. The molecule has 0 bridgehead atoms. The third-order valence-corrected chi connectivity index (χ3v) is 4.56. The minimum absolute atomic E-state index is 0.00796. The first-order valence-electron chi connectivity index (χ1n) is 9.27. The van der Waals surface area contributed by atoms with Crippen molar-refractivity contribution in [2.24, 2.45) is 17.1 Å². The fraction of sp³-hybridized carbons (Fsp3) is 0.455. The van der Waals surface area contributed by atoms with Crippen LogP contribution in [0.5, 0.6) is 0 Å². The maximum absolute atomic E-state index is 12.2. The maximum Gasteiger partial charge on any atom is 0.338 e. The normalized spacial score (nSPS) is 11.9. The second-order valence-corrected chi connectivity index (χ2v) is 9.02. The molecule has 1 aromatic heterocycles. The molecule has 4 nitrogen and oxygen atoms in total. The number of carboxylic acids is 1. The van der Waals surface area contributed by atoms with Crippen molar-refractivity contribution in [2.75, 3.05) is 0 Å². The minimum Gasteiger partial charge on any atom is -0.478 e. The topological polar surface area (TPSA) is 76.2 Å². The second-order valence-electron chi connectivity index (χ2n) is 8.59. The first-order chi connectivity index (χ1) is 12.5. The van der Waals surface area contributed by atoms with Crippen LogP contribution in [0.25, 0.3) is 11.1 Å². The van der Waals surface area contributed by atoms with Crippen LogP contribution >= 0.6 is 11.6 Å². The molecule has 0 unspecified atom stereocenters. The van der Waals surface area contributed by atoms with E-state index in [0.717, 1.165) is 23.2 Å². The molecule has 1 aromatic carbocycles. The maximum atomic E-state index is 12.2. The molecule has 0 fully saturated rings. The Labute approximate surface area is 166 Å². The quantitative estimate of drug-likeness (QED) is 0.699. The summed E-state index contributed by atoms with van der Waals surface area (Å²) in [7, 11) is 0. The van der Waals surface area contributed by atoms with E-state index in [4.69, 9.17) is 22.3 Å². The zero-order chi connectivity index (χ0) is 20.4. The van der Waals surface area contributed by atoms with Crippen LogP contribution in [-0.4, -0.2) is 16.1 Å². The predicted molar refractivity (Wildman–Crippen MR) is 111 cm³/mol. The lowest BCUT2D eigenvalue weighted by Gasteiger charge is -2.24. The van der Waals surface area contributed by atoms with Gasteiger partial charge in [0.05, 0.1) is 11.3 Å². The number of aromatic carboxylic acids is 1. The molecule has 0 saturated carbocycles. The Morgan fingerprint density at radius 1 is 1.19 bits per heavy atom. The van der Waals surface area contributed by atoms with Crippen molar-refractivity contribution in [3.63, 3.8) is 0 Å². The Kier molecular flexibility index (Phi) is 6.66. The first-order valence-corrected chi connectivity index (χ1v) is 9.65. The zero-order valence-electron chi connectivity index (χ0n) is 16.8. The lowest BCUT2D eigenvalue weighted by molar-refractivity contribution is 0.0695. The lowest BCUT2D eigenvalue weighted by Crippen LogP contribution is -2.20. The molecule has 27 heavy (non-hydrogen) atoms. The molecule has 0 aliphatic heterocycles. The number of halogens is 1. The molecule has 0 saturated heterocycles. The molecule has 0 aliphatic carbocycles. The summed E-state index contributed by atoms with van der Waals surface area (Å²) < 4.78 is 0. The van der Waals surface area contributed by atoms with Crippen molar-refractivity contribution >= 4 is 17.6 Å². The summed E-state index contributed by atoms with van der Waals surface area (Å²) >= 11 is 6.04. The van der Waals surface area contributed by atoms with Crippen molar-refractivity contribution in [2.45, 2.75) is 54.0 Å². The van der Waals surface area contributed by atoms with E-state index in [2.05, 4.69) is 34.6 Å². The summed E-state index contributed by atoms with van der Waals surface area (Å²) in [5, 5.41) is 10.6. The SMILES string of the molecule is CC(C)Cc1nc(CC(C)(C)C)c(CN)c(-c2ccc(Cl)cc2)c1C(=O)O. The molecule has 1 heterocycles. The number of carboxylic acid groups (broad SMARTS) is 1. The monoisotopic (exact) mass is 388 g/mol. The number of carbonyl (C=O) groups is 1. The summed E-state index contributed by atoms with van der Waals surface area (Å²) in [4.78, 5) is 17.0. The van der Waals surface area contributed by atoms with Crippen LogP contribution in [0.3, 0.4) is 0 Å². The van der Waals surface area contributed by atoms with Crippen LogP contribution in [0.2, 0.25) is 5.02 Å². The van der Waals surface area contributed by atoms with E-state index in [9.17, 15) is 9.90 Å². The van der Waals surface area contributed by atoms with Gasteiger partial charge in [0.2, 0.25) is 0 Å². The summed E-state index contributed by atoms with van der Waals surface area (Å²) in [6.07, 6.45) is 1.33. The van der Waals surface area contributed by atoms with Gasteiger partial charge >= 0.3 is 5.97 Å². The molecule has 0 atom stereocenters. The van der Waals surface area contributed by atoms with Gasteiger partial charge in [0, 0.05) is 22.8 Å². The molecule has 0 aliphatic rings. The summed E-state index contributed by atoms with van der Waals surface area (Å²) in [5.41, 5.74) is 10.2. The fourth-order valence-electron chi connectivity index (χ4n) is 3.29.